The molecule has 52 heavy (non-hydrogen) atoms. The molecular formula is C49H44Cl2Ti-2. The van der Waals surface area contributed by atoms with Crippen LogP contribution >= 0.6 is 0 Å². The van der Waals surface area contributed by atoms with Gasteiger partial charge in [-0.15, -0.1) is 46.2 Å². The quantitative estimate of drug-likeness (QED) is 0.135. The summed E-state index contributed by atoms with van der Waals surface area (Å²) in [5, 5.41) is 5.33. The molecule has 0 saturated carbocycles. The van der Waals surface area contributed by atoms with E-state index in [0.29, 0.717) is 0 Å². The zero-order valence-corrected chi connectivity index (χ0v) is 33.4. The third kappa shape index (κ3) is 9.43. The topological polar surface area (TPSA) is 0 Å². The van der Waals surface area contributed by atoms with Crippen LogP contribution < -0.4 is 24.8 Å². The van der Waals surface area contributed by atoms with Crippen LogP contribution in [0.3, 0.4) is 0 Å². The summed E-state index contributed by atoms with van der Waals surface area (Å²) in [6.07, 6.45) is 10.0. The number of allylic oxidation sites excluding steroid dienone is 4. The molecule has 0 aliphatic heterocycles. The molecule has 1 aliphatic carbocycles. The molecule has 260 valence electrons. The minimum atomic E-state index is -0.0284. The van der Waals surface area contributed by atoms with Crippen LogP contribution in [0.2, 0.25) is 0 Å². The van der Waals surface area contributed by atoms with E-state index in [9.17, 15) is 0 Å². The first-order valence-electron chi connectivity index (χ1n) is 17.4. The minimum absolute atomic E-state index is 0. The Morgan fingerprint density at radius 1 is 0.519 bits per heavy atom. The summed E-state index contributed by atoms with van der Waals surface area (Å²) < 4.78 is 1.33. The summed E-state index contributed by atoms with van der Waals surface area (Å²) in [7, 11) is 0. The van der Waals surface area contributed by atoms with E-state index < -0.39 is 0 Å². The Kier molecular flexibility index (Phi) is 14.5. The van der Waals surface area contributed by atoms with Crippen molar-refractivity contribution in [3.05, 3.63) is 221 Å². The summed E-state index contributed by atoms with van der Waals surface area (Å²) in [5.74, 6) is 0. The van der Waals surface area contributed by atoms with Crippen molar-refractivity contribution in [2.24, 2.45) is 0 Å². The molecule has 0 spiro atoms. The third-order valence-corrected chi connectivity index (χ3v) is 10.8. The average Bonchev–Trinajstić information content (AvgIpc) is 3.88. The van der Waals surface area contributed by atoms with Crippen molar-refractivity contribution in [1.82, 2.24) is 0 Å². The van der Waals surface area contributed by atoms with E-state index in [1.165, 1.54) is 58.7 Å². The molecule has 0 heterocycles. The van der Waals surface area contributed by atoms with Crippen molar-refractivity contribution in [3.63, 3.8) is 0 Å². The molecule has 0 N–H and O–H groups in total. The monoisotopic (exact) mass is 750 g/mol. The predicted octanol–water partition coefficient (Wildman–Crippen LogP) is 6.48. The van der Waals surface area contributed by atoms with Gasteiger partial charge in [0.05, 0.1) is 0 Å². The van der Waals surface area contributed by atoms with Crippen molar-refractivity contribution in [1.29, 1.82) is 0 Å². The van der Waals surface area contributed by atoms with Gasteiger partial charge in [-0.1, -0.05) is 124 Å². The molecule has 8 rings (SSSR count). The fraction of sp³-hybridized carbons (Fsp3) is 0.143. The van der Waals surface area contributed by atoms with Crippen LogP contribution in [0, 0.1) is 6.08 Å². The molecule has 1 aliphatic rings. The van der Waals surface area contributed by atoms with Crippen LogP contribution in [0.4, 0.5) is 0 Å². The maximum atomic E-state index is 2.99. The summed E-state index contributed by atoms with van der Waals surface area (Å²) in [5.41, 5.74) is 7.92. The van der Waals surface area contributed by atoms with Crippen molar-refractivity contribution >= 4 is 25.4 Å². The van der Waals surface area contributed by atoms with Crippen molar-refractivity contribution in [2.75, 3.05) is 0 Å². The summed E-state index contributed by atoms with van der Waals surface area (Å²) >= 11 is 2.16. The molecule has 7 aromatic rings. The molecule has 0 nitrogen and oxygen atoms in total. The van der Waals surface area contributed by atoms with E-state index in [-0.39, 0.29) is 35.6 Å². The van der Waals surface area contributed by atoms with E-state index in [2.05, 4.69) is 211 Å². The zero-order chi connectivity index (χ0) is 35.0. The van der Waals surface area contributed by atoms with Gasteiger partial charge in [0.1, 0.15) is 0 Å². The first-order valence-corrected chi connectivity index (χ1v) is 18.2. The van der Waals surface area contributed by atoms with Crippen molar-refractivity contribution in [2.45, 2.75) is 44.9 Å². The maximum absolute atomic E-state index is 2.99. The molecule has 0 aromatic heterocycles. The first-order chi connectivity index (χ1) is 24.2. The van der Waals surface area contributed by atoms with Crippen molar-refractivity contribution in [3.8, 4) is 0 Å². The SMILES string of the molecule is CC(C)(c1ccccc1)c1ccc2c(c1)[cH-]c1cc(C(C)(C)c3ccccc3)ccc12.[C-]1=CC=CC1.[Cl-].[Cl-].[Ti+2]=[C](c1ccccc1)c1ccccc1. The van der Waals surface area contributed by atoms with Crippen molar-refractivity contribution < 1.29 is 44.8 Å². The molecule has 7 aromatic carbocycles. The Bertz CT molecular complexity index is 2070. The fourth-order valence-corrected chi connectivity index (χ4v) is 7.08. The number of rotatable bonds is 6. The summed E-state index contributed by atoms with van der Waals surface area (Å²) in [4.78, 5) is 0. The summed E-state index contributed by atoms with van der Waals surface area (Å²) in [6, 6.07) is 58.9. The van der Waals surface area contributed by atoms with Gasteiger partial charge in [-0.2, -0.15) is 6.08 Å². The van der Waals surface area contributed by atoms with Gasteiger partial charge < -0.3 is 24.8 Å². The first kappa shape index (κ1) is 40.6. The van der Waals surface area contributed by atoms with Crippen LogP contribution in [0.1, 0.15) is 67.5 Å². The average molecular weight is 752 g/mol. The third-order valence-electron chi connectivity index (χ3n) is 9.85. The van der Waals surface area contributed by atoms with Crippen LogP contribution in [-0.4, -0.2) is 3.81 Å². The Morgan fingerprint density at radius 2 is 0.904 bits per heavy atom. The number of halogens is 2. The van der Waals surface area contributed by atoms with Gasteiger partial charge in [-0.05, 0) is 11.1 Å². The Morgan fingerprint density at radius 3 is 1.23 bits per heavy atom. The van der Waals surface area contributed by atoms with Gasteiger partial charge in [0.25, 0.3) is 0 Å². The number of hydrogen-bond acceptors (Lipinski definition) is 0. The van der Waals surface area contributed by atoms with Crippen LogP contribution in [-0.2, 0) is 30.8 Å². The molecular weight excluding hydrogens is 707 g/mol. The zero-order valence-electron chi connectivity index (χ0n) is 30.3. The van der Waals surface area contributed by atoms with E-state index >= 15 is 0 Å². The summed E-state index contributed by atoms with van der Waals surface area (Å²) in [6.45, 7) is 9.25. The second-order valence-electron chi connectivity index (χ2n) is 13.8. The fourth-order valence-electron chi connectivity index (χ4n) is 6.56. The van der Waals surface area contributed by atoms with Crippen LogP contribution in [0.25, 0.3) is 21.5 Å². The van der Waals surface area contributed by atoms with Gasteiger partial charge in [-0.3, -0.25) is 6.08 Å². The van der Waals surface area contributed by atoms with Crippen LogP contribution in [0.15, 0.2) is 182 Å². The molecule has 0 atom stereocenters. The Balaban J connectivity index is 0.000000238. The molecule has 3 heteroatoms. The number of benzene rings is 6. The molecule has 0 saturated heterocycles. The second-order valence-corrected chi connectivity index (χ2v) is 14.6. The van der Waals surface area contributed by atoms with Gasteiger partial charge in [0.15, 0.2) is 0 Å². The molecule has 0 unspecified atom stereocenters. The second kappa shape index (κ2) is 18.5. The van der Waals surface area contributed by atoms with E-state index in [0.717, 1.165) is 6.42 Å². The van der Waals surface area contributed by atoms with E-state index in [4.69, 9.17) is 0 Å². The van der Waals surface area contributed by atoms with Gasteiger partial charge in [-0.25, -0.2) is 12.2 Å². The Labute approximate surface area is 334 Å². The Hall–Kier alpha value is -4.17. The number of hydrogen-bond donors (Lipinski definition) is 0. The van der Waals surface area contributed by atoms with Gasteiger partial charge in [0.2, 0.25) is 0 Å². The van der Waals surface area contributed by atoms with Crippen LogP contribution in [0.5, 0.6) is 0 Å². The normalized spacial score (nSPS) is 11.8. The molecule has 0 amide bonds. The standard InChI is InChI=1S/C31H29.C13H10.C5H5.2ClH.Ti/c1-30(2,24-11-7-5-8-12-24)26-15-17-28-22(20-26)19-23-21-27(16-18-29(23)28)31(3,4)25-13-9-6-10-14-25;1-3-7-12(8-4-1)11-13-9-5-2-6-10-13;1-2-4-5-3-1;;;/h5-21H,1-4H3;1-10H;1-3H,4H2;2*1H;/q-1;;-1;;;+2/p-2. The van der Waals surface area contributed by atoms with Gasteiger partial charge >= 0.3 is 95.6 Å². The molecule has 0 bridgehead atoms. The number of fused-ring (bicyclic) bond motifs is 3. The van der Waals surface area contributed by atoms with Gasteiger partial charge in [0, 0.05) is 10.8 Å². The van der Waals surface area contributed by atoms with E-state index in [1.54, 1.807) is 0 Å². The van der Waals surface area contributed by atoms with E-state index in [1.807, 2.05) is 24.3 Å². The molecule has 0 fully saturated rings. The molecule has 0 radical (unpaired) electrons. The predicted molar refractivity (Wildman–Crippen MR) is 212 cm³/mol.